The lowest BCUT2D eigenvalue weighted by atomic mass is 9.82. The van der Waals surface area contributed by atoms with Crippen LogP contribution < -0.4 is 4.57 Å². The summed E-state index contributed by atoms with van der Waals surface area (Å²) in [5, 5.41) is 2.31. The maximum atomic E-state index is 6.74. The van der Waals surface area contributed by atoms with Crippen molar-refractivity contribution in [3.8, 4) is 22.5 Å². The number of pyridine rings is 2. The first-order chi connectivity index (χ1) is 14.9. The molecular weight excluding hydrogens is 380 g/mol. The van der Waals surface area contributed by atoms with Crippen molar-refractivity contribution in [1.29, 1.82) is 0 Å². The molecular formula is C28H25N2O+. The predicted octanol–water partition coefficient (Wildman–Crippen LogP) is 6.40. The first kappa shape index (κ1) is 18.3. The Bertz CT molecular complexity index is 1540. The molecule has 3 nitrogen and oxygen atoms in total. The molecule has 0 unspecified atom stereocenters. The van der Waals surface area contributed by atoms with Crippen molar-refractivity contribution in [2.45, 2.75) is 33.1 Å². The van der Waals surface area contributed by atoms with Gasteiger partial charge < -0.3 is 4.42 Å². The zero-order valence-corrected chi connectivity index (χ0v) is 18.6. The summed E-state index contributed by atoms with van der Waals surface area (Å²) in [7, 11) is 2.10. The van der Waals surface area contributed by atoms with Crippen LogP contribution in [-0.4, -0.2) is 4.98 Å². The fraction of sp³-hybridized carbons (Fsp3) is 0.214. The molecule has 3 aromatic heterocycles. The van der Waals surface area contributed by atoms with Gasteiger partial charge in [0.05, 0.1) is 11.3 Å². The minimum atomic E-state index is -0.0891. The Balaban J connectivity index is 1.75. The number of hydrogen-bond donors (Lipinski definition) is 0. The van der Waals surface area contributed by atoms with Crippen LogP contribution in [0.15, 0.2) is 65.3 Å². The van der Waals surface area contributed by atoms with E-state index in [-0.39, 0.29) is 5.41 Å². The van der Waals surface area contributed by atoms with Gasteiger partial charge in [-0.15, -0.1) is 0 Å². The maximum Gasteiger partial charge on any atom is 0.216 e. The second-order valence-corrected chi connectivity index (χ2v) is 9.33. The number of aromatic nitrogens is 2. The van der Waals surface area contributed by atoms with Crippen LogP contribution in [0.3, 0.4) is 0 Å². The van der Waals surface area contributed by atoms with Crippen LogP contribution in [0, 0.1) is 13.8 Å². The molecule has 3 heterocycles. The number of rotatable bonds is 1. The molecule has 0 aliphatic heterocycles. The molecule has 152 valence electrons. The van der Waals surface area contributed by atoms with Crippen LogP contribution >= 0.6 is 0 Å². The highest BCUT2D eigenvalue weighted by Crippen LogP contribution is 2.52. The summed E-state index contributed by atoms with van der Waals surface area (Å²) >= 11 is 0. The largest absolute Gasteiger partial charge is 0.454 e. The second kappa shape index (κ2) is 6.04. The monoisotopic (exact) mass is 405 g/mol. The minimum Gasteiger partial charge on any atom is -0.454 e. The third kappa shape index (κ3) is 2.35. The lowest BCUT2D eigenvalue weighted by Gasteiger charge is -2.20. The Morgan fingerprint density at radius 1 is 0.839 bits per heavy atom. The molecule has 0 fully saturated rings. The molecule has 0 saturated carbocycles. The Morgan fingerprint density at radius 3 is 2.35 bits per heavy atom. The smallest absolute Gasteiger partial charge is 0.216 e. The van der Waals surface area contributed by atoms with E-state index >= 15 is 0 Å². The third-order valence-electron chi connectivity index (χ3n) is 6.95. The molecule has 0 radical (unpaired) electrons. The SMILES string of the molecule is Cc1ccc(-c2c(C)ccc3c2oc2c4c(ccc23)C(C)(C)c2cccnc2-4)[n+](C)c1. The third-order valence-corrected chi connectivity index (χ3v) is 6.95. The molecule has 0 bridgehead atoms. The molecule has 1 aliphatic carbocycles. The van der Waals surface area contributed by atoms with Gasteiger partial charge >= 0.3 is 0 Å². The van der Waals surface area contributed by atoms with E-state index in [1.54, 1.807) is 0 Å². The molecule has 0 amide bonds. The zero-order valence-electron chi connectivity index (χ0n) is 18.6. The molecule has 0 saturated heterocycles. The summed E-state index contributed by atoms with van der Waals surface area (Å²) in [5.74, 6) is 0. The molecule has 6 rings (SSSR count). The Morgan fingerprint density at radius 2 is 1.58 bits per heavy atom. The maximum absolute atomic E-state index is 6.74. The van der Waals surface area contributed by atoms with Crippen molar-refractivity contribution < 1.29 is 8.98 Å². The highest BCUT2D eigenvalue weighted by molar-refractivity contribution is 6.14. The summed E-state index contributed by atoms with van der Waals surface area (Å²) < 4.78 is 8.93. The molecule has 2 aromatic carbocycles. The van der Waals surface area contributed by atoms with Gasteiger partial charge in [0.25, 0.3) is 0 Å². The first-order valence-corrected chi connectivity index (χ1v) is 10.8. The molecule has 0 spiro atoms. The lowest BCUT2D eigenvalue weighted by Crippen LogP contribution is -2.31. The number of furan rings is 1. The topological polar surface area (TPSA) is 29.9 Å². The molecule has 31 heavy (non-hydrogen) atoms. The van der Waals surface area contributed by atoms with Gasteiger partial charge in [-0.1, -0.05) is 44.2 Å². The van der Waals surface area contributed by atoms with Crippen LogP contribution in [0.1, 0.15) is 36.1 Å². The van der Waals surface area contributed by atoms with Crippen LogP contribution in [0.2, 0.25) is 0 Å². The van der Waals surface area contributed by atoms with E-state index < -0.39 is 0 Å². The van der Waals surface area contributed by atoms with E-state index in [2.05, 4.69) is 88.0 Å². The second-order valence-electron chi connectivity index (χ2n) is 9.33. The van der Waals surface area contributed by atoms with Crippen LogP contribution in [0.5, 0.6) is 0 Å². The average molecular weight is 406 g/mol. The van der Waals surface area contributed by atoms with Crippen LogP contribution in [0.4, 0.5) is 0 Å². The lowest BCUT2D eigenvalue weighted by molar-refractivity contribution is -0.660. The fourth-order valence-electron chi connectivity index (χ4n) is 5.34. The zero-order chi connectivity index (χ0) is 21.5. The Hall–Kier alpha value is -3.46. The molecule has 1 aliphatic rings. The number of hydrogen-bond acceptors (Lipinski definition) is 2. The predicted molar refractivity (Wildman–Crippen MR) is 125 cm³/mol. The highest BCUT2D eigenvalue weighted by Gasteiger charge is 2.38. The number of nitrogens with zero attached hydrogens (tertiary/aromatic N) is 2. The Labute approximate surface area is 182 Å². The van der Waals surface area contributed by atoms with Crippen molar-refractivity contribution in [3.05, 3.63) is 83.2 Å². The van der Waals surface area contributed by atoms with Crippen LogP contribution in [0.25, 0.3) is 44.5 Å². The number of fused-ring (bicyclic) bond motifs is 7. The number of aryl methyl sites for hydroxylation is 3. The normalized spacial score (nSPS) is 14.2. The van der Waals surface area contributed by atoms with Crippen molar-refractivity contribution in [2.24, 2.45) is 7.05 Å². The summed E-state index contributed by atoms with van der Waals surface area (Å²) in [6, 6.07) is 17.5. The summed E-state index contributed by atoms with van der Waals surface area (Å²) in [6.45, 7) is 8.82. The number of benzene rings is 2. The van der Waals surface area contributed by atoms with Gasteiger partial charge in [0.1, 0.15) is 18.2 Å². The molecule has 0 N–H and O–H groups in total. The van der Waals surface area contributed by atoms with E-state index in [0.717, 1.165) is 44.5 Å². The van der Waals surface area contributed by atoms with Gasteiger partial charge in [-0.2, -0.15) is 0 Å². The molecule has 0 atom stereocenters. The Kier molecular flexibility index (Phi) is 3.57. The molecule has 3 heteroatoms. The van der Waals surface area contributed by atoms with E-state index in [4.69, 9.17) is 9.40 Å². The van der Waals surface area contributed by atoms with Crippen molar-refractivity contribution in [2.75, 3.05) is 0 Å². The first-order valence-electron chi connectivity index (χ1n) is 10.8. The van der Waals surface area contributed by atoms with Crippen LogP contribution in [-0.2, 0) is 12.5 Å². The van der Waals surface area contributed by atoms with E-state index in [0.29, 0.717) is 0 Å². The summed E-state index contributed by atoms with van der Waals surface area (Å²) in [4.78, 5) is 4.77. The average Bonchev–Trinajstić information content (AvgIpc) is 3.22. The molecule has 5 aromatic rings. The quantitative estimate of drug-likeness (QED) is 0.302. The van der Waals surface area contributed by atoms with E-state index in [1.807, 2.05) is 12.3 Å². The van der Waals surface area contributed by atoms with E-state index in [9.17, 15) is 0 Å². The van der Waals surface area contributed by atoms with Crippen molar-refractivity contribution in [1.82, 2.24) is 4.98 Å². The van der Waals surface area contributed by atoms with E-state index in [1.165, 1.54) is 22.3 Å². The van der Waals surface area contributed by atoms with Gasteiger partial charge in [0, 0.05) is 39.6 Å². The van der Waals surface area contributed by atoms with Gasteiger partial charge in [0.2, 0.25) is 5.69 Å². The summed E-state index contributed by atoms with van der Waals surface area (Å²) in [5.41, 5.74) is 11.3. The van der Waals surface area contributed by atoms with Gasteiger partial charge in [-0.3, -0.25) is 4.98 Å². The van der Waals surface area contributed by atoms with Gasteiger partial charge in [-0.25, -0.2) is 4.57 Å². The summed E-state index contributed by atoms with van der Waals surface area (Å²) in [6.07, 6.45) is 4.05. The minimum absolute atomic E-state index is 0.0891. The highest BCUT2D eigenvalue weighted by atomic mass is 16.3. The van der Waals surface area contributed by atoms with Gasteiger partial charge in [0.15, 0.2) is 6.20 Å². The van der Waals surface area contributed by atoms with Crippen molar-refractivity contribution in [3.63, 3.8) is 0 Å². The fourth-order valence-corrected chi connectivity index (χ4v) is 5.34. The van der Waals surface area contributed by atoms with Gasteiger partial charge in [-0.05, 0) is 42.7 Å². The standard InChI is InChI=1S/C28H25N2O/c1-16-8-13-22(30(5)15-16)23-17(2)9-10-18-19-11-12-20-24(27(19)31-26(18)23)25-21(28(20,3)4)7-6-14-29-25/h6-15H,1-5H3/q+1. The van der Waals surface area contributed by atoms with Crippen molar-refractivity contribution >= 4 is 21.9 Å².